The fraction of sp³-hybridized carbons (Fsp3) is 0.235. The smallest absolute Gasteiger partial charge is 0.283 e. The lowest BCUT2D eigenvalue weighted by molar-refractivity contribution is 0.190. The lowest BCUT2D eigenvalue weighted by Crippen LogP contribution is -2.23. The second kappa shape index (κ2) is 6.60. The zero-order valence-corrected chi connectivity index (χ0v) is 14.0. The molecule has 8 nitrogen and oxygen atoms in total. The van der Waals surface area contributed by atoms with Crippen molar-refractivity contribution in [3.8, 4) is 11.1 Å². The van der Waals surface area contributed by atoms with E-state index in [0.29, 0.717) is 36.4 Å². The van der Waals surface area contributed by atoms with E-state index in [4.69, 9.17) is 4.74 Å². The minimum Gasteiger partial charge on any atom is -0.385 e. The summed E-state index contributed by atoms with van der Waals surface area (Å²) in [6.45, 7) is 1.03. The molecule has 4 rings (SSSR count). The molecule has 3 heterocycles. The van der Waals surface area contributed by atoms with Gasteiger partial charge in [0.25, 0.3) is 5.56 Å². The number of nitrogens with zero attached hydrogens (tertiary/aromatic N) is 6. The van der Waals surface area contributed by atoms with Gasteiger partial charge in [-0.15, -0.1) is 10.2 Å². The predicted octanol–water partition coefficient (Wildman–Crippen LogP) is 1.68. The largest absolute Gasteiger partial charge is 0.385 e. The molecule has 0 saturated heterocycles. The van der Waals surface area contributed by atoms with Crippen LogP contribution < -0.4 is 5.56 Å². The van der Waals surface area contributed by atoms with Crippen LogP contribution in [-0.2, 0) is 11.3 Å². The lowest BCUT2D eigenvalue weighted by Gasteiger charge is -2.06. The number of ether oxygens (including phenoxy) is 1. The first-order chi connectivity index (χ1) is 12.7. The van der Waals surface area contributed by atoms with Gasteiger partial charge in [0.15, 0.2) is 16.8 Å². The molecule has 132 valence electrons. The first kappa shape index (κ1) is 16.3. The molecule has 9 heteroatoms. The van der Waals surface area contributed by atoms with Crippen LogP contribution in [0.4, 0.5) is 4.39 Å². The highest BCUT2D eigenvalue weighted by Crippen LogP contribution is 2.24. The molecule has 0 amide bonds. The Labute approximate surface area is 146 Å². The number of rotatable bonds is 5. The Morgan fingerprint density at radius 1 is 1.15 bits per heavy atom. The zero-order chi connectivity index (χ0) is 18.1. The summed E-state index contributed by atoms with van der Waals surface area (Å²) in [6, 6.07) is 6.01. The standard InChI is InChI=1S/C17H15FN6O2/c1-26-8-2-7-23-10-19-16-14(17(23)25)21-22-15-13(9-20-24(15)16)11-3-5-12(18)6-4-11/h3-6,9-10H,2,7-8H2,1H3. The average Bonchev–Trinajstić information content (AvgIpc) is 3.09. The van der Waals surface area contributed by atoms with Crippen LogP contribution in [0.2, 0.25) is 0 Å². The summed E-state index contributed by atoms with van der Waals surface area (Å²) in [6.07, 6.45) is 3.76. The van der Waals surface area contributed by atoms with Gasteiger partial charge in [-0.3, -0.25) is 9.36 Å². The highest BCUT2D eigenvalue weighted by atomic mass is 19.1. The molecule has 4 aromatic rings. The normalized spacial score (nSPS) is 11.5. The number of methoxy groups -OCH3 is 1. The second-order valence-corrected chi connectivity index (χ2v) is 5.76. The Hall–Kier alpha value is -3.20. The molecule has 0 aliphatic carbocycles. The third kappa shape index (κ3) is 2.72. The maximum Gasteiger partial charge on any atom is 0.283 e. The summed E-state index contributed by atoms with van der Waals surface area (Å²) < 4.78 is 21.1. The number of fused-ring (bicyclic) bond motifs is 3. The molecule has 3 aromatic heterocycles. The van der Waals surface area contributed by atoms with Crippen molar-refractivity contribution in [2.45, 2.75) is 13.0 Å². The van der Waals surface area contributed by atoms with Crippen molar-refractivity contribution in [1.29, 1.82) is 0 Å². The summed E-state index contributed by atoms with van der Waals surface area (Å²) in [5.74, 6) is -0.322. The van der Waals surface area contributed by atoms with Crippen molar-refractivity contribution in [3.05, 3.63) is 53.0 Å². The van der Waals surface area contributed by atoms with Crippen molar-refractivity contribution < 1.29 is 9.13 Å². The Morgan fingerprint density at radius 3 is 2.73 bits per heavy atom. The number of hydrogen-bond acceptors (Lipinski definition) is 6. The van der Waals surface area contributed by atoms with E-state index >= 15 is 0 Å². The van der Waals surface area contributed by atoms with E-state index < -0.39 is 0 Å². The molecule has 0 fully saturated rings. The van der Waals surface area contributed by atoms with Gasteiger partial charge in [0.2, 0.25) is 0 Å². The molecule has 0 radical (unpaired) electrons. The summed E-state index contributed by atoms with van der Waals surface area (Å²) in [5.41, 5.74) is 2.09. The third-order valence-corrected chi connectivity index (χ3v) is 4.09. The molecule has 26 heavy (non-hydrogen) atoms. The maximum atomic E-state index is 13.1. The molecule has 0 spiro atoms. The molecule has 0 aliphatic heterocycles. The first-order valence-corrected chi connectivity index (χ1v) is 8.03. The monoisotopic (exact) mass is 354 g/mol. The fourth-order valence-corrected chi connectivity index (χ4v) is 2.77. The fourth-order valence-electron chi connectivity index (χ4n) is 2.77. The van der Waals surface area contributed by atoms with Crippen molar-refractivity contribution in [2.75, 3.05) is 13.7 Å². The quantitative estimate of drug-likeness (QED) is 0.507. The van der Waals surface area contributed by atoms with Crippen molar-refractivity contribution in [1.82, 2.24) is 29.4 Å². The molecule has 0 saturated carbocycles. The van der Waals surface area contributed by atoms with Crippen molar-refractivity contribution >= 4 is 16.8 Å². The van der Waals surface area contributed by atoms with Gasteiger partial charge < -0.3 is 4.74 Å². The number of aromatic nitrogens is 6. The van der Waals surface area contributed by atoms with Crippen molar-refractivity contribution in [2.24, 2.45) is 0 Å². The highest BCUT2D eigenvalue weighted by Gasteiger charge is 2.15. The summed E-state index contributed by atoms with van der Waals surface area (Å²) in [5, 5.41) is 12.5. The van der Waals surface area contributed by atoms with E-state index in [2.05, 4.69) is 20.3 Å². The number of halogens is 1. The Bertz CT molecular complexity index is 1140. The van der Waals surface area contributed by atoms with Gasteiger partial charge >= 0.3 is 0 Å². The van der Waals surface area contributed by atoms with Crippen LogP contribution in [0.15, 0.2) is 41.6 Å². The van der Waals surface area contributed by atoms with Gasteiger partial charge in [0.05, 0.1) is 6.20 Å². The van der Waals surface area contributed by atoms with E-state index in [0.717, 1.165) is 5.56 Å². The molecular weight excluding hydrogens is 339 g/mol. The number of benzene rings is 1. The van der Waals surface area contributed by atoms with E-state index in [1.165, 1.54) is 27.5 Å². The lowest BCUT2D eigenvalue weighted by atomic mass is 10.1. The van der Waals surface area contributed by atoms with E-state index in [1.807, 2.05) is 0 Å². The first-order valence-electron chi connectivity index (χ1n) is 8.03. The number of aryl methyl sites for hydroxylation is 1. The van der Waals surface area contributed by atoms with Gasteiger partial charge in [0.1, 0.15) is 12.1 Å². The molecule has 0 bridgehead atoms. The topological polar surface area (TPSA) is 87.2 Å². The van der Waals surface area contributed by atoms with Crippen molar-refractivity contribution in [3.63, 3.8) is 0 Å². The summed E-state index contributed by atoms with van der Waals surface area (Å²) in [7, 11) is 1.61. The molecular formula is C17H15FN6O2. The SMILES string of the molecule is COCCCn1cnc2c(nnc3c(-c4ccc(F)cc4)cnn32)c1=O. The van der Waals surface area contributed by atoms with Gasteiger partial charge in [0, 0.05) is 25.8 Å². The predicted molar refractivity (Wildman–Crippen MR) is 92.2 cm³/mol. The van der Waals surface area contributed by atoms with Crippen LogP contribution in [0.5, 0.6) is 0 Å². The van der Waals surface area contributed by atoms with Gasteiger partial charge in [-0.25, -0.2) is 9.37 Å². The molecule has 0 aliphatic rings. The van der Waals surface area contributed by atoms with Crippen LogP contribution in [-0.4, -0.2) is 43.1 Å². The van der Waals surface area contributed by atoms with Gasteiger partial charge in [-0.2, -0.15) is 9.61 Å². The van der Waals surface area contributed by atoms with E-state index in [1.54, 1.807) is 25.4 Å². The van der Waals surface area contributed by atoms with Crippen LogP contribution >= 0.6 is 0 Å². The third-order valence-electron chi connectivity index (χ3n) is 4.09. The summed E-state index contributed by atoms with van der Waals surface area (Å²) in [4.78, 5) is 16.9. The Kier molecular flexibility index (Phi) is 4.13. The number of hydrogen-bond donors (Lipinski definition) is 0. The van der Waals surface area contributed by atoms with Gasteiger partial charge in [-0.05, 0) is 24.1 Å². The molecule has 0 N–H and O–H groups in total. The molecule has 0 unspecified atom stereocenters. The van der Waals surface area contributed by atoms with E-state index in [9.17, 15) is 9.18 Å². The average molecular weight is 354 g/mol. The minimum atomic E-state index is -0.322. The zero-order valence-electron chi connectivity index (χ0n) is 14.0. The Balaban J connectivity index is 1.82. The molecule has 1 aromatic carbocycles. The maximum absolute atomic E-state index is 13.1. The Morgan fingerprint density at radius 2 is 1.96 bits per heavy atom. The van der Waals surface area contributed by atoms with E-state index in [-0.39, 0.29) is 16.9 Å². The van der Waals surface area contributed by atoms with Crippen LogP contribution in [0.1, 0.15) is 6.42 Å². The van der Waals surface area contributed by atoms with Crippen LogP contribution in [0.25, 0.3) is 27.9 Å². The van der Waals surface area contributed by atoms with Crippen LogP contribution in [0.3, 0.4) is 0 Å². The second-order valence-electron chi connectivity index (χ2n) is 5.76. The summed E-state index contributed by atoms with van der Waals surface area (Å²) >= 11 is 0. The minimum absolute atomic E-state index is 0.145. The molecule has 0 atom stereocenters. The van der Waals surface area contributed by atoms with Crippen LogP contribution in [0, 0.1) is 5.82 Å². The highest BCUT2D eigenvalue weighted by molar-refractivity contribution is 5.80. The van der Waals surface area contributed by atoms with Gasteiger partial charge in [-0.1, -0.05) is 12.1 Å².